The molecule has 2 radical (unpaired) electrons. The van der Waals surface area contributed by atoms with Crippen LogP contribution in [0.3, 0.4) is 0 Å². The minimum absolute atomic E-state index is 0.0802. The highest BCUT2D eigenvalue weighted by Gasteiger charge is 2.37. The molecule has 284 valence electrons. The molecular formula is C47H68BN5. The minimum atomic E-state index is 0.0802. The summed E-state index contributed by atoms with van der Waals surface area (Å²) in [6.07, 6.45) is 14.7. The van der Waals surface area contributed by atoms with E-state index in [4.69, 9.17) is 17.8 Å². The van der Waals surface area contributed by atoms with Crippen LogP contribution < -0.4 is 16.1 Å². The second-order valence-corrected chi connectivity index (χ2v) is 16.1. The highest BCUT2D eigenvalue weighted by Crippen LogP contribution is 2.46. The minimum Gasteiger partial charge on any atom is -0.391 e. The molecule has 1 heterocycles. The first kappa shape index (κ1) is 43.5. The van der Waals surface area contributed by atoms with Gasteiger partial charge in [0.05, 0.1) is 5.52 Å². The average Bonchev–Trinajstić information content (AvgIpc) is 3.11. The van der Waals surface area contributed by atoms with Crippen molar-refractivity contribution in [2.75, 3.05) is 26.0 Å². The Kier molecular flexibility index (Phi) is 16.4. The van der Waals surface area contributed by atoms with E-state index in [2.05, 4.69) is 115 Å². The molecule has 3 rings (SSSR count). The third-order valence-electron chi connectivity index (χ3n) is 11.7. The molecule has 6 heteroatoms. The molecule has 1 atom stereocenters. The second-order valence-electron chi connectivity index (χ2n) is 16.1. The molecule has 1 unspecified atom stereocenters. The van der Waals surface area contributed by atoms with Crippen LogP contribution in [0.25, 0.3) is 10.9 Å². The Labute approximate surface area is 324 Å². The van der Waals surface area contributed by atoms with Gasteiger partial charge in [-0.15, -0.1) is 6.58 Å². The summed E-state index contributed by atoms with van der Waals surface area (Å²) in [5.41, 5.74) is 11.0. The van der Waals surface area contributed by atoms with Gasteiger partial charge in [-0.2, -0.15) is 0 Å². The van der Waals surface area contributed by atoms with Gasteiger partial charge in [0.25, 0.3) is 0 Å². The molecule has 0 spiro atoms. The van der Waals surface area contributed by atoms with Gasteiger partial charge in [-0.3, -0.25) is 4.90 Å². The summed E-state index contributed by atoms with van der Waals surface area (Å²) in [4.78, 5) is 12.1. The molecule has 0 saturated heterocycles. The van der Waals surface area contributed by atoms with Crippen LogP contribution in [-0.4, -0.2) is 49.4 Å². The van der Waals surface area contributed by atoms with Crippen LogP contribution in [0.5, 0.6) is 0 Å². The summed E-state index contributed by atoms with van der Waals surface area (Å²) in [6.45, 7) is 32.4. The molecule has 5 nitrogen and oxygen atoms in total. The zero-order valence-electron chi connectivity index (χ0n) is 34.9. The van der Waals surface area contributed by atoms with Crippen molar-refractivity contribution < 1.29 is 0 Å². The van der Waals surface area contributed by atoms with Gasteiger partial charge in [0.1, 0.15) is 19.5 Å². The third-order valence-corrected chi connectivity index (χ3v) is 11.7. The number of nitrogens with one attached hydrogen (secondary N) is 2. The number of aromatic nitrogens is 2. The van der Waals surface area contributed by atoms with E-state index in [-0.39, 0.29) is 16.9 Å². The number of aryl methyl sites for hydroxylation is 2. The standard InChI is InChI=1S/C47H68BN5/c1-14-18-25-44(34(6)49-12)53(13)32-42(37(15-2)16-3)33(5)22-19-20-26-46(8,9)47(10,11)30-39-29-43-41(28-38(39)17-4)45(52-35(7)51-43)50-31-36-23-21-24-40(48)27-36/h14-16,21,23-24,27-29,44,49H,1-2,6,17-20,22,25-26,30-32H2,3-5,7-13H3,(H,50,51,52)/b37-16-,42-33+. The second kappa shape index (κ2) is 20.0. The Morgan fingerprint density at radius 1 is 1.04 bits per heavy atom. The van der Waals surface area contributed by atoms with Crippen molar-refractivity contribution >= 4 is 30.0 Å². The van der Waals surface area contributed by atoms with Crippen LogP contribution >= 0.6 is 0 Å². The van der Waals surface area contributed by atoms with Crippen LogP contribution in [0.15, 0.2) is 96.8 Å². The predicted molar refractivity (Wildman–Crippen MR) is 233 cm³/mol. The lowest BCUT2D eigenvalue weighted by atomic mass is 9.62. The number of hydrogen-bond acceptors (Lipinski definition) is 5. The fraction of sp³-hybridized carbons (Fsp3) is 0.489. The van der Waals surface area contributed by atoms with E-state index < -0.39 is 0 Å². The SMILES string of the molecule is [B]c1cccc(CNc2nc(C)nc3cc(CC(C)(C)C(C)(C)CCCC/C(C)=C(CN(C)C(CCC=C)C(=C)NC)/C(C=C)=C\C)c(CC)cc23)c1. The van der Waals surface area contributed by atoms with Crippen molar-refractivity contribution in [1.29, 1.82) is 0 Å². The van der Waals surface area contributed by atoms with Gasteiger partial charge in [0, 0.05) is 37.3 Å². The van der Waals surface area contributed by atoms with E-state index >= 15 is 0 Å². The molecule has 0 saturated carbocycles. The van der Waals surface area contributed by atoms with E-state index in [0.29, 0.717) is 6.54 Å². The average molecular weight is 714 g/mol. The van der Waals surface area contributed by atoms with Gasteiger partial charge in [-0.1, -0.05) is 108 Å². The van der Waals surface area contributed by atoms with Gasteiger partial charge in [0.2, 0.25) is 0 Å². The number of unbranched alkanes of at least 4 members (excludes halogenated alkanes) is 1. The molecule has 3 aromatic rings. The molecule has 0 amide bonds. The molecular weight excluding hydrogens is 645 g/mol. The number of allylic oxidation sites excluding steroid dienone is 4. The van der Waals surface area contributed by atoms with Crippen molar-refractivity contribution in [3.05, 3.63) is 119 Å². The first-order chi connectivity index (χ1) is 25.1. The first-order valence-corrected chi connectivity index (χ1v) is 19.6. The highest BCUT2D eigenvalue weighted by molar-refractivity contribution is 6.32. The van der Waals surface area contributed by atoms with Gasteiger partial charge in [-0.05, 0) is 124 Å². The quantitative estimate of drug-likeness (QED) is 0.0470. The Bertz CT molecular complexity index is 1780. The molecule has 1 aromatic heterocycles. The zero-order chi connectivity index (χ0) is 39.3. The molecule has 53 heavy (non-hydrogen) atoms. The highest BCUT2D eigenvalue weighted by atomic mass is 15.1. The normalized spacial score (nSPS) is 13.5. The summed E-state index contributed by atoms with van der Waals surface area (Å²) in [5.74, 6) is 1.65. The number of benzene rings is 2. The third kappa shape index (κ3) is 11.8. The largest absolute Gasteiger partial charge is 0.391 e. The van der Waals surface area contributed by atoms with Gasteiger partial charge in [0.15, 0.2) is 0 Å². The molecule has 0 bridgehead atoms. The van der Waals surface area contributed by atoms with Crippen molar-refractivity contribution in [2.45, 2.75) is 119 Å². The summed E-state index contributed by atoms with van der Waals surface area (Å²) in [6, 6.07) is 12.9. The fourth-order valence-corrected chi connectivity index (χ4v) is 7.41. The van der Waals surface area contributed by atoms with Crippen LogP contribution in [0, 0.1) is 17.8 Å². The number of anilines is 1. The summed E-state index contributed by atoms with van der Waals surface area (Å²) in [5, 5.41) is 7.94. The number of nitrogens with zero attached hydrogens (tertiary/aromatic N) is 3. The Morgan fingerprint density at radius 3 is 2.40 bits per heavy atom. The smallest absolute Gasteiger partial charge is 0.137 e. The zero-order valence-corrected chi connectivity index (χ0v) is 34.9. The Hall–Kier alpha value is -3.90. The van der Waals surface area contributed by atoms with Crippen molar-refractivity contribution in [2.24, 2.45) is 10.8 Å². The monoisotopic (exact) mass is 714 g/mol. The maximum absolute atomic E-state index is 6.03. The van der Waals surface area contributed by atoms with Crippen LogP contribution in [-0.2, 0) is 19.4 Å². The molecule has 2 aromatic carbocycles. The van der Waals surface area contributed by atoms with E-state index in [1.165, 1.54) is 40.7 Å². The topological polar surface area (TPSA) is 53.1 Å². The number of rotatable bonds is 22. The number of fused-ring (bicyclic) bond motifs is 1. The van der Waals surface area contributed by atoms with Gasteiger partial charge in [-0.25, -0.2) is 9.97 Å². The van der Waals surface area contributed by atoms with Crippen LogP contribution in [0.1, 0.15) is 110 Å². The number of hydrogen-bond donors (Lipinski definition) is 2. The molecule has 0 aliphatic carbocycles. The van der Waals surface area contributed by atoms with E-state index in [1.807, 2.05) is 44.3 Å². The number of likely N-dealkylation sites (N-methyl/N-ethyl adjacent to an activating group) is 2. The fourth-order valence-electron chi connectivity index (χ4n) is 7.41. The molecule has 2 N–H and O–H groups in total. The Morgan fingerprint density at radius 2 is 1.77 bits per heavy atom. The lowest BCUT2D eigenvalue weighted by Gasteiger charge is -2.43. The summed E-state index contributed by atoms with van der Waals surface area (Å²) < 4.78 is 0. The lowest BCUT2D eigenvalue weighted by Crippen LogP contribution is -2.38. The molecule has 0 aliphatic rings. The van der Waals surface area contributed by atoms with Gasteiger partial charge < -0.3 is 10.6 Å². The Balaban J connectivity index is 1.75. The lowest BCUT2D eigenvalue weighted by molar-refractivity contribution is 0.0949. The maximum atomic E-state index is 6.03. The molecule has 0 fully saturated rings. The molecule has 0 aliphatic heterocycles. The van der Waals surface area contributed by atoms with E-state index in [0.717, 1.165) is 84.3 Å². The summed E-state index contributed by atoms with van der Waals surface area (Å²) >= 11 is 0. The maximum Gasteiger partial charge on any atom is 0.137 e. The van der Waals surface area contributed by atoms with Crippen LogP contribution in [0.2, 0.25) is 0 Å². The summed E-state index contributed by atoms with van der Waals surface area (Å²) in [7, 11) is 10.2. The van der Waals surface area contributed by atoms with Crippen LogP contribution in [0.4, 0.5) is 5.82 Å². The van der Waals surface area contributed by atoms with E-state index in [1.54, 1.807) is 0 Å². The predicted octanol–water partition coefficient (Wildman–Crippen LogP) is 10.5. The first-order valence-electron chi connectivity index (χ1n) is 19.6. The van der Waals surface area contributed by atoms with Crippen molar-refractivity contribution in [3.8, 4) is 0 Å². The van der Waals surface area contributed by atoms with E-state index in [9.17, 15) is 0 Å². The van der Waals surface area contributed by atoms with Crippen molar-refractivity contribution in [3.63, 3.8) is 0 Å². The van der Waals surface area contributed by atoms with Gasteiger partial charge >= 0.3 is 0 Å². The van der Waals surface area contributed by atoms with Crippen molar-refractivity contribution in [1.82, 2.24) is 20.2 Å².